The molecule has 3 N–H and O–H groups in total. The van der Waals surface area contributed by atoms with E-state index in [9.17, 15) is 5.11 Å². The molecule has 2 atom stereocenters. The fourth-order valence-corrected chi connectivity index (χ4v) is 3.74. The van der Waals surface area contributed by atoms with Crippen molar-refractivity contribution in [2.45, 2.75) is 25.3 Å². The summed E-state index contributed by atoms with van der Waals surface area (Å²) in [6.45, 7) is 4.47. The van der Waals surface area contributed by atoms with Gasteiger partial charge in [-0.05, 0) is 37.9 Å². The number of anilines is 2. The highest BCUT2D eigenvalue weighted by atomic mass is 16.7. The van der Waals surface area contributed by atoms with Crippen LogP contribution in [0.1, 0.15) is 19.3 Å². The van der Waals surface area contributed by atoms with Gasteiger partial charge in [0.2, 0.25) is 6.79 Å². The Morgan fingerprint density at radius 2 is 2.17 bits per heavy atom. The first-order valence-electron chi connectivity index (χ1n) is 8.61. The van der Waals surface area contributed by atoms with Gasteiger partial charge in [0, 0.05) is 38.2 Å². The summed E-state index contributed by atoms with van der Waals surface area (Å²) in [7, 11) is 0. The lowest BCUT2D eigenvalue weighted by atomic mass is 10.1. The van der Waals surface area contributed by atoms with E-state index in [1.807, 2.05) is 0 Å². The molecule has 23 heavy (non-hydrogen) atoms. The van der Waals surface area contributed by atoms with E-state index in [1.165, 1.54) is 12.8 Å². The molecule has 0 bridgehead atoms. The number of fused-ring (bicyclic) bond motifs is 1. The normalized spacial score (nSPS) is 26.6. The van der Waals surface area contributed by atoms with Crippen LogP contribution in [-0.4, -0.2) is 50.7 Å². The molecule has 126 valence electrons. The molecule has 3 heterocycles. The van der Waals surface area contributed by atoms with Crippen LogP contribution in [0.5, 0.6) is 11.5 Å². The molecule has 1 aromatic rings. The first-order chi connectivity index (χ1) is 11.3. The maximum absolute atomic E-state index is 9.35. The number of hydrogen-bond acceptors (Lipinski definition) is 6. The van der Waals surface area contributed by atoms with Gasteiger partial charge in [-0.25, -0.2) is 0 Å². The molecular formula is C17H25N3O3. The third-order valence-electron chi connectivity index (χ3n) is 5.04. The van der Waals surface area contributed by atoms with E-state index < -0.39 is 0 Å². The Balaban J connectivity index is 1.55. The molecule has 2 fully saturated rings. The smallest absolute Gasteiger partial charge is 0.231 e. The Kier molecular flexibility index (Phi) is 4.18. The fraction of sp³-hybridized carbons (Fsp3) is 0.647. The van der Waals surface area contributed by atoms with Crippen LogP contribution in [0.3, 0.4) is 0 Å². The van der Waals surface area contributed by atoms with Crippen LogP contribution in [0.2, 0.25) is 0 Å². The van der Waals surface area contributed by atoms with Crippen molar-refractivity contribution < 1.29 is 14.6 Å². The van der Waals surface area contributed by atoms with E-state index in [0.29, 0.717) is 12.0 Å². The molecule has 0 radical (unpaired) electrons. The Labute approximate surface area is 136 Å². The van der Waals surface area contributed by atoms with Gasteiger partial charge in [0.05, 0.1) is 11.4 Å². The van der Waals surface area contributed by atoms with Crippen molar-refractivity contribution in [2.75, 3.05) is 49.8 Å². The van der Waals surface area contributed by atoms with E-state index in [2.05, 4.69) is 27.7 Å². The average molecular weight is 319 g/mol. The van der Waals surface area contributed by atoms with Gasteiger partial charge in [-0.1, -0.05) is 0 Å². The van der Waals surface area contributed by atoms with Crippen LogP contribution >= 0.6 is 0 Å². The van der Waals surface area contributed by atoms with Gasteiger partial charge in [-0.15, -0.1) is 0 Å². The lowest BCUT2D eigenvalue weighted by Crippen LogP contribution is -2.38. The van der Waals surface area contributed by atoms with Gasteiger partial charge in [-0.3, -0.25) is 0 Å². The second kappa shape index (κ2) is 6.45. The van der Waals surface area contributed by atoms with Crippen molar-refractivity contribution in [1.29, 1.82) is 0 Å². The Morgan fingerprint density at radius 1 is 1.26 bits per heavy atom. The number of piperidine rings is 1. The van der Waals surface area contributed by atoms with Gasteiger partial charge < -0.3 is 30.1 Å². The molecule has 3 aliphatic heterocycles. The minimum absolute atomic E-state index is 0.254. The van der Waals surface area contributed by atoms with Crippen molar-refractivity contribution in [3.8, 4) is 11.5 Å². The predicted octanol–water partition coefficient (Wildman–Crippen LogP) is 1.40. The summed E-state index contributed by atoms with van der Waals surface area (Å²) in [6.07, 6.45) is 3.40. The summed E-state index contributed by atoms with van der Waals surface area (Å²) in [5.41, 5.74) is 2.11. The van der Waals surface area contributed by atoms with Crippen LogP contribution < -0.4 is 25.0 Å². The standard InChI is InChI=1S/C17H25N3O3/c21-10-12-5-7-20(9-12)15-4-3-14(16-17(15)23-11-22-16)19-13-2-1-6-18-8-13/h3-4,12-13,18-19,21H,1-2,5-11H2. The molecule has 0 spiro atoms. The quantitative estimate of drug-likeness (QED) is 0.780. The van der Waals surface area contributed by atoms with E-state index in [1.54, 1.807) is 0 Å². The maximum atomic E-state index is 9.35. The number of nitrogens with one attached hydrogen (secondary N) is 2. The topological polar surface area (TPSA) is 66.0 Å². The number of nitrogens with zero attached hydrogens (tertiary/aromatic N) is 1. The first kappa shape index (κ1) is 14.9. The van der Waals surface area contributed by atoms with Crippen molar-refractivity contribution in [3.63, 3.8) is 0 Å². The summed E-state index contributed by atoms with van der Waals surface area (Å²) in [5, 5.41) is 16.4. The third kappa shape index (κ3) is 2.93. The van der Waals surface area contributed by atoms with Gasteiger partial charge in [0.25, 0.3) is 0 Å². The highest BCUT2D eigenvalue weighted by Crippen LogP contribution is 2.47. The van der Waals surface area contributed by atoms with Gasteiger partial charge in [0.1, 0.15) is 0 Å². The Morgan fingerprint density at radius 3 is 2.96 bits per heavy atom. The highest BCUT2D eigenvalue weighted by Gasteiger charge is 2.30. The molecule has 0 aliphatic carbocycles. The summed E-state index contributed by atoms with van der Waals surface area (Å²) >= 11 is 0. The number of rotatable bonds is 4. The number of hydrogen-bond donors (Lipinski definition) is 3. The van der Waals surface area contributed by atoms with Crippen LogP contribution in [-0.2, 0) is 0 Å². The fourth-order valence-electron chi connectivity index (χ4n) is 3.74. The maximum Gasteiger partial charge on any atom is 0.231 e. The number of benzene rings is 1. The van der Waals surface area contributed by atoms with E-state index in [0.717, 1.165) is 55.5 Å². The lowest BCUT2D eigenvalue weighted by Gasteiger charge is -2.26. The Hall–Kier alpha value is -1.66. The second-order valence-corrected chi connectivity index (χ2v) is 6.67. The van der Waals surface area contributed by atoms with Crippen LogP contribution in [0, 0.1) is 5.92 Å². The molecule has 6 heteroatoms. The van der Waals surface area contributed by atoms with E-state index >= 15 is 0 Å². The second-order valence-electron chi connectivity index (χ2n) is 6.67. The van der Waals surface area contributed by atoms with Gasteiger partial charge >= 0.3 is 0 Å². The van der Waals surface area contributed by atoms with Crippen molar-refractivity contribution in [3.05, 3.63) is 12.1 Å². The molecule has 0 saturated carbocycles. The molecule has 4 rings (SSSR count). The molecule has 2 saturated heterocycles. The van der Waals surface area contributed by atoms with Crippen molar-refractivity contribution in [1.82, 2.24) is 5.32 Å². The van der Waals surface area contributed by atoms with Crippen molar-refractivity contribution >= 4 is 11.4 Å². The molecule has 1 aromatic carbocycles. The summed E-state index contributed by atoms with van der Waals surface area (Å²) in [4.78, 5) is 2.29. The van der Waals surface area contributed by atoms with Crippen LogP contribution in [0.15, 0.2) is 12.1 Å². The summed E-state index contributed by atoms with van der Waals surface area (Å²) in [6, 6.07) is 4.66. The third-order valence-corrected chi connectivity index (χ3v) is 5.04. The lowest BCUT2D eigenvalue weighted by molar-refractivity contribution is 0.174. The zero-order chi connectivity index (χ0) is 15.6. The molecule has 3 aliphatic rings. The number of aliphatic hydroxyl groups is 1. The zero-order valence-corrected chi connectivity index (χ0v) is 13.4. The minimum atomic E-state index is 0.254. The Bertz CT molecular complexity index is 560. The monoisotopic (exact) mass is 319 g/mol. The van der Waals surface area contributed by atoms with E-state index in [4.69, 9.17) is 9.47 Å². The number of aliphatic hydroxyl groups excluding tert-OH is 1. The predicted molar refractivity (Wildman–Crippen MR) is 89.5 cm³/mol. The SMILES string of the molecule is OCC1CCN(c2ccc(NC3CCCNC3)c3c2OCO3)C1. The summed E-state index contributed by atoms with van der Waals surface area (Å²) < 4.78 is 11.5. The van der Waals surface area contributed by atoms with E-state index in [-0.39, 0.29) is 13.4 Å². The molecule has 6 nitrogen and oxygen atoms in total. The van der Waals surface area contributed by atoms with Crippen molar-refractivity contribution in [2.24, 2.45) is 5.92 Å². The average Bonchev–Trinajstić information content (AvgIpc) is 3.25. The molecule has 0 aromatic heterocycles. The summed E-state index contributed by atoms with van der Waals surface area (Å²) in [5.74, 6) is 2.04. The number of ether oxygens (including phenoxy) is 2. The molecule has 2 unspecified atom stereocenters. The minimum Gasteiger partial charge on any atom is -0.451 e. The highest BCUT2D eigenvalue weighted by molar-refractivity contribution is 5.76. The van der Waals surface area contributed by atoms with Gasteiger partial charge in [0.15, 0.2) is 11.5 Å². The first-order valence-corrected chi connectivity index (χ1v) is 8.61. The van der Waals surface area contributed by atoms with Gasteiger partial charge in [-0.2, -0.15) is 0 Å². The molecular weight excluding hydrogens is 294 g/mol. The van der Waals surface area contributed by atoms with Crippen LogP contribution in [0.25, 0.3) is 0 Å². The largest absolute Gasteiger partial charge is 0.451 e. The zero-order valence-electron chi connectivity index (χ0n) is 13.4. The van der Waals surface area contributed by atoms with Crippen LogP contribution in [0.4, 0.5) is 11.4 Å². The molecule has 0 amide bonds.